The molecule has 0 atom stereocenters. The Morgan fingerprint density at radius 2 is 1.77 bits per heavy atom. The van der Waals surface area contributed by atoms with Crippen molar-refractivity contribution in [3.63, 3.8) is 0 Å². The number of hydrogen-bond acceptors (Lipinski definition) is 5. The lowest BCUT2D eigenvalue weighted by Gasteiger charge is -2.38. The molecule has 39 heavy (non-hydrogen) atoms. The van der Waals surface area contributed by atoms with Crippen molar-refractivity contribution in [1.82, 2.24) is 4.90 Å². The van der Waals surface area contributed by atoms with Crippen molar-refractivity contribution >= 4 is 35.0 Å². The van der Waals surface area contributed by atoms with Crippen LogP contribution in [0.5, 0.6) is 0 Å². The number of rotatable bonds is 7. The Balaban J connectivity index is 1.39. The first kappa shape index (κ1) is 26.3. The van der Waals surface area contributed by atoms with Crippen molar-refractivity contribution in [2.24, 2.45) is 0 Å². The molecule has 0 aromatic heterocycles. The van der Waals surface area contributed by atoms with Gasteiger partial charge in [-0.05, 0) is 54.2 Å². The Morgan fingerprint density at radius 1 is 1.00 bits per heavy atom. The summed E-state index contributed by atoms with van der Waals surface area (Å²) in [5.74, 6) is -0.195. The van der Waals surface area contributed by atoms with Gasteiger partial charge in [-0.3, -0.25) is 24.6 Å². The standard InChI is InChI=1S/C31H32N4O4/c1-23(36)33-19-14-26-11-12-28(21-30(26)33)34(31(37)13-10-24-8-5-9-29(20-24)35(38)39)27-15-17-32(18-16-27)22-25-6-3-2-4-7-25/h2-13,20-21,27H,14-19,22H2,1H3. The molecule has 0 unspecified atom stereocenters. The maximum absolute atomic E-state index is 13.7. The van der Waals surface area contributed by atoms with E-state index in [-0.39, 0.29) is 23.5 Å². The fraction of sp³-hybridized carbons (Fsp3) is 0.290. The Hall–Kier alpha value is -4.30. The van der Waals surface area contributed by atoms with Crippen LogP contribution in [0.2, 0.25) is 0 Å². The van der Waals surface area contributed by atoms with E-state index in [1.54, 1.807) is 30.0 Å². The zero-order valence-electron chi connectivity index (χ0n) is 22.0. The van der Waals surface area contributed by atoms with Crippen molar-refractivity contribution in [1.29, 1.82) is 0 Å². The summed E-state index contributed by atoms with van der Waals surface area (Å²) in [6.45, 7) is 4.81. The molecule has 0 radical (unpaired) electrons. The Morgan fingerprint density at radius 3 is 2.49 bits per heavy atom. The third-order valence-electron chi connectivity index (χ3n) is 7.53. The highest BCUT2D eigenvalue weighted by Gasteiger charge is 2.30. The summed E-state index contributed by atoms with van der Waals surface area (Å²) in [5, 5.41) is 11.2. The molecule has 8 heteroatoms. The molecular formula is C31H32N4O4. The third kappa shape index (κ3) is 6.07. The maximum Gasteiger partial charge on any atom is 0.270 e. The lowest BCUT2D eigenvalue weighted by molar-refractivity contribution is -0.384. The number of nitro benzene ring substituents is 1. The summed E-state index contributed by atoms with van der Waals surface area (Å²) in [4.78, 5) is 42.7. The zero-order valence-corrected chi connectivity index (χ0v) is 22.0. The molecule has 2 amide bonds. The van der Waals surface area contributed by atoms with Crippen LogP contribution in [0.25, 0.3) is 6.08 Å². The molecule has 2 aliphatic rings. The van der Waals surface area contributed by atoms with E-state index in [1.165, 1.54) is 23.8 Å². The van der Waals surface area contributed by atoms with Gasteiger partial charge in [-0.15, -0.1) is 0 Å². The predicted molar refractivity (Wildman–Crippen MR) is 153 cm³/mol. The highest BCUT2D eigenvalue weighted by atomic mass is 16.6. The lowest BCUT2D eigenvalue weighted by Crippen LogP contribution is -2.47. The molecule has 1 saturated heterocycles. The Labute approximate surface area is 228 Å². The van der Waals surface area contributed by atoms with E-state index < -0.39 is 4.92 Å². The van der Waals surface area contributed by atoms with Crippen LogP contribution in [0.4, 0.5) is 17.1 Å². The van der Waals surface area contributed by atoms with Gasteiger partial charge in [0.05, 0.1) is 4.92 Å². The molecule has 3 aromatic rings. The number of nitrogens with zero attached hydrogens (tertiary/aromatic N) is 4. The lowest BCUT2D eigenvalue weighted by atomic mass is 10.0. The number of hydrogen-bond donors (Lipinski definition) is 0. The molecular weight excluding hydrogens is 492 g/mol. The van der Waals surface area contributed by atoms with Crippen molar-refractivity contribution in [3.8, 4) is 0 Å². The van der Waals surface area contributed by atoms with Crippen molar-refractivity contribution in [3.05, 3.63) is 106 Å². The maximum atomic E-state index is 13.7. The van der Waals surface area contributed by atoms with Crippen LogP contribution in [0.1, 0.15) is 36.5 Å². The number of fused-ring (bicyclic) bond motifs is 1. The SMILES string of the molecule is CC(=O)N1CCc2ccc(N(C(=O)C=Cc3cccc([N+](=O)[O-])c3)C3CCN(Cc4ccccc4)CC3)cc21. The van der Waals surface area contributed by atoms with Crippen LogP contribution in [0.3, 0.4) is 0 Å². The van der Waals surface area contributed by atoms with Crippen LogP contribution in [0, 0.1) is 10.1 Å². The second kappa shape index (κ2) is 11.6. The van der Waals surface area contributed by atoms with Crippen LogP contribution >= 0.6 is 0 Å². The monoisotopic (exact) mass is 524 g/mol. The number of carbonyl (C=O) groups is 2. The summed E-state index contributed by atoms with van der Waals surface area (Å²) in [5.41, 5.74) is 4.57. The van der Waals surface area contributed by atoms with Crippen LogP contribution in [-0.4, -0.2) is 47.3 Å². The first-order chi connectivity index (χ1) is 18.9. The number of non-ortho nitro benzene ring substituents is 1. The molecule has 2 heterocycles. The fourth-order valence-electron chi connectivity index (χ4n) is 5.53. The molecule has 0 N–H and O–H groups in total. The van der Waals surface area contributed by atoms with Crippen LogP contribution in [0.15, 0.2) is 78.9 Å². The summed E-state index contributed by atoms with van der Waals surface area (Å²) < 4.78 is 0. The van der Waals surface area contributed by atoms with Gasteiger partial charge in [-0.1, -0.05) is 48.5 Å². The van der Waals surface area contributed by atoms with Crippen molar-refractivity contribution in [2.45, 2.75) is 38.8 Å². The summed E-state index contributed by atoms with van der Waals surface area (Å²) in [7, 11) is 0. The van der Waals surface area contributed by atoms with Crippen molar-refractivity contribution in [2.75, 3.05) is 29.4 Å². The molecule has 3 aromatic carbocycles. The molecule has 0 aliphatic carbocycles. The summed E-state index contributed by atoms with van der Waals surface area (Å²) in [6, 6.07) is 22.5. The Kier molecular flexibility index (Phi) is 7.84. The number of likely N-dealkylation sites (tertiary alicyclic amines) is 1. The smallest absolute Gasteiger partial charge is 0.270 e. The van der Waals surface area contributed by atoms with E-state index in [1.807, 2.05) is 41.3 Å². The first-order valence-electron chi connectivity index (χ1n) is 13.3. The highest BCUT2D eigenvalue weighted by molar-refractivity contribution is 6.05. The second-order valence-corrected chi connectivity index (χ2v) is 10.1. The number of anilines is 2. The topological polar surface area (TPSA) is 87.0 Å². The average Bonchev–Trinajstić information content (AvgIpc) is 3.38. The van der Waals surface area contributed by atoms with E-state index in [0.717, 1.165) is 55.8 Å². The molecule has 1 fully saturated rings. The molecule has 0 saturated carbocycles. The first-order valence-corrected chi connectivity index (χ1v) is 13.3. The molecule has 8 nitrogen and oxygen atoms in total. The molecule has 0 spiro atoms. The van der Waals surface area contributed by atoms with E-state index >= 15 is 0 Å². The average molecular weight is 525 g/mol. The molecule has 0 bridgehead atoms. The largest absolute Gasteiger partial charge is 0.312 e. The summed E-state index contributed by atoms with van der Waals surface area (Å²) in [6.07, 6.45) is 5.55. The van der Waals surface area contributed by atoms with Crippen LogP contribution in [-0.2, 0) is 22.6 Å². The molecule has 200 valence electrons. The second-order valence-electron chi connectivity index (χ2n) is 10.1. The van der Waals surface area contributed by atoms with Crippen LogP contribution < -0.4 is 9.80 Å². The van der Waals surface area contributed by atoms with Crippen molar-refractivity contribution < 1.29 is 14.5 Å². The van der Waals surface area contributed by atoms with E-state index in [9.17, 15) is 19.7 Å². The fourth-order valence-corrected chi connectivity index (χ4v) is 5.53. The highest BCUT2D eigenvalue weighted by Crippen LogP contribution is 2.34. The van der Waals surface area contributed by atoms with E-state index in [0.29, 0.717) is 12.1 Å². The van der Waals surface area contributed by atoms with Gasteiger partial charge in [0, 0.05) is 68.7 Å². The van der Waals surface area contributed by atoms with Gasteiger partial charge in [0.2, 0.25) is 5.91 Å². The van der Waals surface area contributed by atoms with E-state index in [4.69, 9.17) is 0 Å². The number of piperidine rings is 1. The predicted octanol–water partition coefficient (Wildman–Crippen LogP) is 5.21. The van der Waals surface area contributed by atoms with E-state index in [2.05, 4.69) is 17.0 Å². The number of nitro groups is 1. The minimum Gasteiger partial charge on any atom is -0.312 e. The van der Waals surface area contributed by atoms with Gasteiger partial charge in [0.25, 0.3) is 11.6 Å². The van der Waals surface area contributed by atoms with Gasteiger partial charge >= 0.3 is 0 Å². The number of amides is 2. The quantitative estimate of drug-likeness (QED) is 0.240. The Bertz CT molecular complexity index is 1400. The van der Waals surface area contributed by atoms with Gasteiger partial charge in [0.1, 0.15) is 0 Å². The zero-order chi connectivity index (χ0) is 27.4. The summed E-state index contributed by atoms with van der Waals surface area (Å²) >= 11 is 0. The number of carbonyl (C=O) groups excluding carboxylic acids is 2. The van der Waals surface area contributed by atoms with Gasteiger partial charge in [-0.2, -0.15) is 0 Å². The van der Waals surface area contributed by atoms with Gasteiger partial charge in [0.15, 0.2) is 0 Å². The third-order valence-corrected chi connectivity index (χ3v) is 7.53. The minimum absolute atomic E-state index is 0.00971. The molecule has 2 aliphatic heterocycles. The van der Waals surface area contributed by atoms with Gasteiger partial charge < -0.3 is 9.80 Å². The normalized spacial score (nSPS) is 15.9. The van der Waals surface area contributed by atoms with Gasteiger partial charge in [-0.25, -0.2) is 0 Å². The number of benzene rings is 3. The molecule has 5 rings (SSSR count). The minimum atomic E-state index is -0.444.